The van der Waals surface area contributed by atoms with Crippen molar-refractivity contribution in [1.29, 1.82) is 0 Å². The third-order valence-electron chi connectivity index (χ3n) is 4.01. The van der Waals surface area contributed by atoms with Crippen LogP contribution in [0.2, 0.25) is 0 Å². The number of rotatable bonds is 10. The Kier molecular flexibility index (Phi) is 8.44. The second-order valence-electron chi connectivity index (χ2n) is 6.52. The SMILES string of the molecule is COc1ccc(C)cc1C(C)NCCCCCCC(C)C. The fourth-order valence-electron chi connectivity index (χ4n) is 2.65. The number of nitrogens with one attached hydrogen (secondary N) is 1. The van der Waals surface area contributed by atoms with E-state index < -0.39 is 0 Å². The van der Waals surface area contributed by atoms with E-state index in [4.69, 9.17) is 4.74 Å². The molecule has 120 valence electrons. The molecule has 0 heterocycles. The van der Waals surface area contributed by atoms with Gasteiger partial charge >= 0.3 is 0 Å². The molecule has 21 heavy (non-hydrogen) atoms. The highest BCUT2D eigenvalue weighted by atomic mass is 16.5. The minimum atomic E-state index is 0.343. The Balaban J connectivity index is 2.27. The molecule has 1 rings (SSSR count). The van der Waals surface area contributed by atoms with Gasteiger partial charge in [0, 0.05) is 11.6 Å². The van der Waals surface area contributed by atoms with Crippen LogP contribution in [0, 0.1) is 12.8 Å². The first-order valence-electron chi connectivity index (χ1n) is 8.42. The molecule has 0 saturated heterocycles. The summed E-state index contributed by atoms with van der Waals surface area (Å²) in [5.41, 5.74) is 2.55. The normalized spacial score (nSPS) is 12.7. The van der Waals surface area contributed by atoms with Gasteiger partial charge in [-0.05, 0) is 38.8 Å². The fraction of sp³-hybridized carbons (Fsp3) is 0.684. The van der Waals surface area contributed by atoms with Crippen LogP contribution in [-0.4, -0.2) is 13.7 Å². The third kappa shape index (κ3) is 6.99. The lowest BCUT2D eigenvalue weighted by molar-refractivity contribution is 0.400. The van der Waals surface area contributed by atoms with E-state index in [0.717, 1.165) is 18.2 Å². The van der Waals surface area contributed by atoms with Crippen molar-refractivity contribution in [3.63, 3.8) is 0 Å². The molecule has 1 atom stereocenters. The second kappa shape index (κ2) is 9.83. The molecule has 2 heteroatoms. The molecule has 1 aromatic rings. The summed E-state index contributed by atoms with van der Waals surface area (Å²) in [6, 6.07) is 6.73. The number of aryl methyl sites for hydroxylation is 1. The lowest BCUT2D eigenvalue weighted by atomic mass is 10.0. The number of methoxy groups -OCH3 is 1. The molecule has 0 aliphatic carbocycles. The van der Waals surface area contributed by atoms with Gasteiger partial charge in [0.1, 0.15) is 5.75 Å². The van der Waals surface area contributed by atoms with Crippen LogP contribution in [0.1, 0.15) is 70.0 Å². The molecular weight excluding hydrogens is 258 g/mol. The van der Waals surface area contributed by atoms with Gasteiger partial charge in [0.25, 0.3) is 0 Å². The Morgan fingerprint density at radius 1 is 1.05 bits per heavy atom. The summed E-state index contributed by atoms with van der Waals surface area (Å²) in [4.78, 5) is 0. The molecule has 0 amide bonds. The van der Waals surface area contributed by atoms with Crippen molar-refractivity contribution in [2.45, 2.75) is 65.8 Å². The molecule has 2 nitrogen and oxygen atoms in total. The highest BCUT2D eigenvalue weighted by molar-refractivity contribution is 5.38. The molecule has 0 bridgehead atoms. The average molecular weight is 291 g/mol. The Morgan fingerprint density at radius 2 is 1.76 bits per heavy atom. The maximum absolute atomic E-state index is 5.46. The highest BCUT2D eigenvalue weighted by Crippen LogP contribution is 2.26. The zero-order valence-corrected chi connectivity index (χ0v) is 14.5. The Labute approximate surface area is 131 Å². The van der Waals surface area contributed by atoms with Gasteiger partial charge < -0.3 is 10.1 Å². The van der Waals surface area contributed by atoms with E-state index in [1.807, 2.05) is 0 Å². The summed E-state index contributed by atoms with van der Waals surface area (Å²) in [7, 11) is 1.75. The van der Waals surface area contributed by atoms with E-state index in [1.54, 1.807) is 7.11 Å². The van der Waals surface area contributed by atoms with E-state index in [9.17, 15) is 0 Å². The zero-order chi connectivity index (χ0) is 15.7. The topological polar surface area (TPSA) is 21.3 Å². The predicted octanol–water partition coefficient (Wildman–Crippen LogP) is 5.26. The maximum atomic E-state index is 5.46. The Morgan fingerprint density at radius 3 is 2.43 bits per heavy atom. The van der Waals surface area contributed by atoms with E-state index >= 15 is 0 Å². The largest absolute Gasteiger partial charge is 0.496 e. The van der Waals surface area contributed by atoms with Crippen molar-refractivity contribution in [2.75, 3.05) is 13.7 Å². The van der Waals surface area contributed by atoms with Crippen LogP contribution < -0.4 is 10.1 Å². The summed E-state index contributed by atoms with van der Waals surface area (Å²) in [5.74, 6) is 1.83. The molecule has 0 aromatic heterocycles. The molecule has 1 aromatic carbocycles. The molecule has 0 spiro atoms. The number of ether oxygens (including phenoxy) is 1. The van der Waals surface area contributed by atoms with Crippen molar-refractivity contribution >= 4 is 0 Å². The smallest absolute Gasteiger partial charge is 0.123 e. The first kappa shape index (κ1) is 18.0. The van der Waals surface area contributed by atoms with E-state index in [0.29, 0.717) is 6.04 Å². The van der Waals surface area contributed by atoms with Crippen LogP contribution in [-0.2, 0) is 0 Å². The van der Waals surface area contributed by atoms with Crippen LogP contribution in [0.25, 0.3) is 0 Å². The van der Waals surface area contributed by atoms with Crippen molar-refractivity contribution in [3.05, 3.63) is 29.3 Å². The zero-order valence-electron chi connectivity index (χ0n) is 14.5. The van der Waals surface area contributed by atoms with Crippen molar-refractivity contribution in [3.8, 4) is 5.75 Å². The monoisotopic (exact) mass is 291 g/mol. The van der Waals surface area contributed by atoms with E-state index in [-0.39, 0.29) is 0 Å². The molecule has 0 aliphatic heterocycles. The van der Waals surface area contributed by atoms with Crippen molar-refractivity contribution in [2.24, 2.45) is 5.92 Å². The van der Waals surface area contributed by atoms with E-state index in [2.05, 4.69) is 51.2 Å². The predicted molar refractivity (Wildman–Crippen MR) is 92.1 cm³/mol. The van der Waals surface area contributed by atoms with Gasteiger partial charge in [-0.3, -0.25) is 0 Å². The summed E-state index contributed by atoms with van der Waals surface area (Å²) >= 11 is 0. The minimum Gasteiger partial charge on any atom is -0.496 e. The van der Waals surface area contributed by atoms with E-state index in [1.165, 1.54) is 43.2 Å². The van der Waals surface area contributed by atoms with Gasteiger partial charge in [-0.1, -0.05) is 57.2 Å². The quantitative estimate of drug-likeness (QED) is 0.594. The molecular formula is C19H33NO. The van der Waals surface area contributed by atoms with Gasteiger partial charge in [0.05, 0.1) is 7.11 Å². The van der Waals surface area contributed by atoms with Gasteiger partial charge in [-0.25, -0.2) is 0 Å². The number of hydrogen-bond acceptors (Lipinski definition) is 2. The number of unbranched alkanes of at least 4 members (excludes halogenated alkanes) is 3. The number of benzene rings is 1. The minimum absolute atomic E-state index is 0.343. The second-order valence-corrected chi connectivity index (χ2v) is 6.52. The summed E-state index contributed by atoms with van der Waals surface area (Å²) < 4.78 is 5.46. The van der Waals surface area contributed by atoms with Crippen molar-refractivity contribution < 1.29 is 4.74 Å². The first-order chi connectivity index (χ1) is 10.0. The van der Waals surface area contributed by atoms with Crippen LogP contribution in [0.4, 0.5) is 0 Å². The maximum Gasteiger partial charge on any atom is 0.123 e. The van der Waals surface area contributed by atoms with Gasteiger partial charge in [-0.15, -0.1) is 0 Å². The first-order valence-corrected chi connectivity index (χ1v) is 8.42. The average Bonchev–Trinajstić information content (AvgIpc) is 2.45. The lowest BCUT2D eigenvalue weighted by Gasteiger charge is -2.18. The summed E-state index contributed by atoms with van der Waals surface area (Å²) in [6.07, 6.45) is 6.69. The molecule has 0 fully saturated rings. The molecule has 1 N–H and O–H groups in total. The van der Waals surface area contributed by atoms with Crippen molar-refractivity contribution in [1.82, 2.24) is 5.32 Å². The van der Waals surface area contributed by atoms with Crippen LogP contribution in [0.15, 0.2) is 18.2 Å². The van der Waals surface area contributed by atoms with Crippen LogP contribution >= 0.6 is 0 Å². The summed E-state index contributed by atoms with van der Waals surface area (Å²) in [5, 5.41) is 3.62. The molecule has 1 unspecified atom stereocenters. The third-order valence-corrected chi connectivity index (χ3v) is 4.01. The standard InChI is InChI=1S/C19H33NO/c1-15(2)10-8-6-7-9-13-20-17(4)18-14-16(3)11-12-19(18)21-5/h11-12,14-15,17,20H,6-10,13H2,1-5H3. The molecule has 0 radical (unpaired) electrons. The van der Waals surface area contributed by atoms with Crippen LogP contribution in [0.3, 0.4) is 0 Å². The Bertz CT molecular complexity index is 401. The Hall–Kier alpha value is -1.02. The molecule has 0 aliphatic rings. The van der Waals surface area contributed by atoms with Crippen LogP contribution in [0.5, 0.6) is 5.75 Å². The fourth-order valence-corrected chi connectivity index (χ4v) is 2.65. The van der Waals surface area contributed by atoms with Gasteiger partial charge in [0.15, 0.2) is 0 Å². The molecule has 0 saturated carbocycles. The lowest BCUT2D eigenvalue weighted by Crippen LogP contribution is -2.20. The summed E-state index contributed by atoms with van der Waals surface area (Å²) in [6.45, 7) is 10.0. The van der Waals surface area contributed by atoms with Gasteiger partial charge in [-0.2, -0.15) is 0 Å². The highest BCUT2D eigenvalue weighted by Gasteiger charge is 2.10. The van der Waals surface area contributed by atoms with Gasteiger partial charge in [0.2, 0.25) is 0 Å². The number of hydrogen-bond donors (Lipinski definition) is 1.